The fraction of sp³-hybridized carbons (Fsp3) is 0.350. The molecule has 0 aliphatic heterocycles. The number of hydrogen-bond acceptors (Lipinski definition) is 5. The summed E-state index contributed by atoms with van der Waals surface area (Å²) in [6.45, 7) is 2.27. The number of rotatable bonds is 5. The minimum Gasteiger partial charge on any atom is -0.351 e. The number of nitrogens with one attached hydrogen (secondary N) is 1. The second kappa shape index (κ2) is 7.94. The quantitative estimate of drug-likeness (QED) is 0.505. The summed E-state index contributed by atoms with van der Waals surface area (Å²) in [6.07, 6.45) is 6.22. The van der Waals surface area contributed by atoms with Gasteiger partial charge in [-0.25, -0.2) is 14.4 Å². The molecule has 0 saturated carbocycles. The number of amides is 1. The van der Waals surface area contributed by atoms with Gasteiger partial charge < -0.3 is 5.32 Å². The van der Waals surface area contributed by atoms with Crippen LogP contribution in [0.25, 0.3) is 10.2 Å². The Kier molecular flexibility index (Phi) is 5.41. The second-order valence-electron chi connectivity index (χ2n) is 6.67. The first-order valence-corrected chi connectivity index (χ1v) is 10.8. The molecule has 0 fully saturated rings. The van der Waals surface area contributed by atoms with E-state index in [1.54, 1.807) is 29.8 Å². The summed E-state index contributed by atoms with van der Waals surface area (Å²) < 4.78 is 13.0. The van der Waals surface area contributed by atoms with Crippen molar-refractivity contribution in [1.29, 1.82) is 0 Å². The van der Waals surface area contributed by atoms with Crippen LogP contribution in [0.4, 0.5) is 4.39 Å². The van der Waals surface area contributed by atoms with E-state index in [9.17, 15) is 9.18 Å². The standard InChI is InChI=1S/C20H20FN3OS2/c1-12(18(25)22-10-13-6-8-14(21)9-7-13)26-19-17-15-4-2-3-5-16(15)27-20(17)24-11-23-19/h6-9,11-12H,2-5,10H2,1H3,(H,22,25)/t12-/m0/s1. The summed E-state index contributed by atoms with van der Waals surface area (Å²) in [6, 6.07) is 6.16. The van der Waals surface area contributed by atoms with Gasteiger partial charge in [0, 0.05) is 16.8 Å². The highest BCUT2D eigenvalue weighted by Gasteiger charge is 2.22. The van der Waals surface area contributed by atoms with E-state index in [1.807, 2.05) is 6.92 Å². The van der Waals surface area contributed by atoms with Crippen molar-refractivity contribution in [2.24, 2.45) is 0 Å². The molecule has 1 atom stereocenters. The van der Waals surface area contributed by atoms with Gasteiger partial charge in [0.25, 0.3) is 0 Å². The fourth-order valence-electron chi connectivity index (χ4n) is 3.31. The first kappa shape index (κ1) is 18.4. The summed E-state index contributed by atoms with van der Waals surface area (Å²) in [4.78, 5) is 23.9. The maximum absolute atomic E-state index is 13.0. The van der Waals surface area contributed by atoms with Crippen LogP contribution < -0.4 is 5.32 Å². The number of thioether (sulfide) groups is 1. The molecule has 0 bridgehead atoms. The molecule has 4 nitrogen and oxygen atoms in total. The molecule has 0 unspecified atom stereocenters. The maximum Gasteiger partial charge on any atom is 0.233 e. The molecule has 1 aliphatic rings. The Hall–Kier alpha value is -1.99. The number of thiophene rings is 1. The third kappa shape index (κ3) is 3.99. The van der Waals surface area contributed by atoms with Gasteiger partial charge in [-0.1, -0.05) is 23.9 Å². The van der Waals surface area contributed by atoms with Gasteiger partial charge in [0.15, 0.2) is 0 Å². The summed E-state index contributed by atoms with van der Waals surface area (Å²) >= 11 is 3.24. The van der Waals surface area contributed by atoms with E-state index in [4.69, 9.17) is 0 Å². The number of carbonyl (C=O) groups excluding carboxylic acids is 1. The molecule has 7 heteroatoms. The fourth-order valence-corrected chi connectivity index (χ4v) is 5.57. The minimum atomic E-state index is -0.277. The van der Waals surface area contributed by atoms with Gasteiger partial charge in [0.2, 0.25) is 5.91 Å². The highest BCUT2D eigenvalue weighted by Crippen LogP contribution is 2.40. The van der Waals surface area contributed by atoms with E-state index in [2.05, 4.69) is 15.3 Å². The van der Waals surface area contributed by atoms with Gasteiger partial charge >= 0.3 is 0 Å². The highest BCUT2D eigenvalue weighted by molar-refractivity contribution is 8.00. The lowest BCUT2D eigenvalue weighted by molar-refractivity contribution is -0.120. The average Bonchev–Trinajstić information content (AvgIpc) is 3.07. The van der Waals surface area contributed by atoms with Crippen molar-refractivity contribution in [1.82, 2.24) is 15.3 Å². The zero-order valence-corrected chi connectivity index (χ0v) is 16.6. The van der Waals surface area contributed by atoms with Gasteiger partial charge in [-0.2, -0.15) is 0 Å². The second-order valence-corrected chi connectivity index (χ2v) is 9.09. The van der Waals surface area contributed by atoms with Crippen LogP contribution in [0.2, 0.25) is 0 Å². The molecule has 3 aromatic rings. The molecule has 1 amide bonds. The SMILES string of the molecule is C[C@H](Sc1ncnc2sc3c(c12)CCCC3)C(=O)NCc1ccc(F)cc1. The van der Waals surface area contributed by atoms with Crippen molar-refractivity contribution in [3.8, 4) is 0 Å². The zero-order valence-electron chi connectivity index (χ0n) is 15.0. The first-order valence-electron chi connectivity index (χ1n) is 9.06. The summed E-state index contributed by atoms with van der Waals surface area (Å²) in [5.74, 6) is -0.332. The summed E-state index contributed by atoms with van der Waals surface area (Å²) in [5.41, 5.74) is 2.25. The summed E-state index contributed by atoms with van der Waals surface area (Å²) in [5, 5.41) is 4.68. The Morgan fingerprint density at radius 3 is 2.85 bits per heavy atom. The Balaban J connectivity index is 1.47. The van der Waals surface area contributed by atoms with Gasteiger partial charge in [0.05, 0.1) is 5.25 Å². The first-order chi connectivity index (χ1) is 13.1. The number of aromatic nitrogens is 2. The van der Waals surface area contributed by atoms with Gasteiger partial charge in [-0.05, 0) is 55.9 Å². The number of halogens is 1. The molecule has 2 aromatic heterocycles. The van der Waals surface area contributed by atoms with Gasteiger partial charge in [0.1, 0.15) is 22.0 Å². The smallest absolute Gasteiger partial charge is 0.233 e. The van der Waals surface area contributed by atoms with E-state index >= 15 is 0 Å². The van der Waals surface area contributed by atoms with E-state index < -0.39 is 0 Å². The lowest BCUT2D eigenvalue weighted by Gasteiger charge is -2.14. The van der Waals surface area contributed by atoms with E-state index in [0.717, 1.165) is 33.6 Å². The molecule has 0 spiro atoms. The van der Waals surface area contributed by atoms with Crippen molar-refractivity contribution >= 4 is 39.2 Å². The van der Waals surface area contributed by atoms with Crippen LogP contribution in [0.1, 0.15) is 35.8 Å². The molecule has 0 saturated heterocycles. The molecule has 4 rings (SSSR count). The normalized spacial score (nSPS) is 14.7. The molecular formula is C20H20FN3OS2. The van der Waals surface area contributed by atoms with Crippen LogP contribution in [0, 0.1) is 5.82 Å². The van der Waals surface area contributed by atoms with Crippen LogP contribution in [-0.2, 0) is 24.2 Å². The monoisotopic (exact) mass is 401 g/mol. The van der Waals surface area contributed by atoms with Crippen molar-refractivity contribution in [2.45, 2.75) is 49.4 Å². The molecule has 140 valence electrons. The lowest BCUT2D eigenvalue weighted by Crippen LogP contribution is -2.30. The third-order valence-electron chi connectivity index (χ3n) is 4.75. The third-order valence-corrected chi connectivity index (χ3v) is 7.05. The largest absolute Gasteiger partial charge is 0.351 e. The molecule has 1 N–H and O–H groups in total. The number of benzene rings is 1. The van der Waals surface area contributed by atoms with Crippen LogP contribution in [0.5, 0.6) is 0 Å². The Labute approximate surface area is 165 Å². The van der Waals surface area contributed by atoms with Crippen LogP contribution in [-0.4, -0.2) is 21.1 Å². The highest BCUT2D eigenvalue weighted by atomic mass is 32.2. The maximum atomic E-state index is 13.0. The van der Waals surface area contributed by atoms with Crippen molar-refractivity contribution in [3.05, 3.63) is 52.4 Å². The number of aryl methyl sites for hydroxylation is 2. The number of carbonyl (C=O) groups is 1. The molecule has 27 heavy (non-hydrogen) atoms. The average molecular weight is 402 g/mol. The van der Waals surface area contributed by atoms with Crippen LogP contribution in [0.15, 0.2) is 35.6 Å². The predicted octanol–water partition coefficient (Wildman–Crippen LogP) is 4.51. The Morgan fingerprint density at radius 2 is 2.04 bits per heavy atom. The van der Waals surface area contributed by atoms with Gasteiger partial charge in [-0.15, -0.1) is 11.3 Å². The molecular weight excluding hydrogens is 381 g/mol. The molecule has 2 heterocycles. The van der Waals surface area contributed by atoms with E-state index in [1.165, 1.54) is 47.2 Å². The minimum absolute atomic E-state index is 0.0554. The van der Waals surface area contributed by atoms with Crippen LogP contribution in [0.3, 0.4) is 0 Å². The van der Waals surface area contributed by atoms with Crippen molar-refractivity contribution in [2.75, 3.05) is 0 Å². The van der Waals surface area contributed by atoms with Crippen LogP contribution >= 0.6 is 23.1 Å². The molecule has 1 aromatic carbocycles. The molecule has 0 radical (unpaired) electrons. The topological polar surface area (TPSA) is 54.9 Å². The lowest BCUT2D eigenvalue weighted by atomic mass is 9.97. The van der Waals surface area contributed by atoms with Gasteiger partial charge in [-0.3, -0.25) is 4.79 Å². The van der Waals surface area contributed by atoms with Crippen molar-refractivity contribution < 1.29 is 9.18 Å². The predicted molar refractivity (Wildman–Crippen MR) is 108 cm³/mol. The Bertz CT molecular complexity index is 971. The van der Waals surface area contributed by atoms with Crippen molar-refractivity contribution in [3.63, 3.8) is 0 Å². The zero-order chi connectivity index (χ0) is 18.8. The van der Waals surface area contributed by atoms with E-state index in [-0.39, 0.29) is 17.0 Å². The number of fused-ring (bicyclic) bond motifs is 3. The number of hydrogen-bond donors (Lipinski definition) is 1. The Morgan fingerprint density at radius 1 is 1.26 bits per heavy atom. The van der Waals surface area contributed by atoms with E-state index in [0.29, 0.717) is 6.54 Å². The number of nitrogens with zero attached hydrogens (tertiary/aromatic N) is 2. The molecule has 1 aliphatic carbocycles. The summed E-state index contributed by atoms with van der Waals surface area (Å²) in [7, 11) is 0.